The van der Waals surface area contributed by atoms with E-state index in [1.807, 2.05) is 0 Å². The summed E-state index contributed by atoms with van der Waals surface area (Å²) in [4.78, 5) is 0. The number of hydrogen-bond acceptors (Lipinski definition) is 1. The maximum atomic E-state index is 9.31. The van der Waals surface area contributed by atoms with E-state index in [1.54, 1.807) is 0 Å². The molecule has 0 amide bonds. The molecule has 1 unspecified atom stereocenters. The summed E-state index contributed by atoms with van der Waals surface area (Å²) in [6.45, 7) is 4.32. The molecule has 0 saturated carbocycles. The molecule has 0 bridgehead atoms. The Morgan fingerprint density at radius 3 is 1.64 bits per heavy atom. The first-order chi connectivity index (χ1) is 4.81. The number of aliphatic hydroxyl groups is 1. The summed E-state index contributed by atoms with van der Waals surface area (Å²) >= 11 is 0. The maximum Gasteiger partial charge on any atom is 0.0540 e. The van der Waals surface area contributed by atoms with Crippen LogP contribution in [0.2, 0.25) is 0 Å². The van der Waals surface area contributed by atoms with Gasteiger partial charge in [0.25, 0.3) is 0 Å². The Hall–Kier alpha value is 0.390. The summed E-state index contributed by atoms with van der Waals surface area (Å²) in [5.41, 5.74) is 0. The van der Waals surface area contributed by atoms with Crippen molar-refractivity contribution in [3.05, 3.63) is 0 Å². The monoisotopic (exact) mass is 178 g/mol. The number of hydrogen-bond donors (Lipinski definition) is 1. The first-order valence-corrected chi connectivity index (χ1v) is 4.49. The molecule has 0 aromatic heterocycles. The van der Waals surface area contributed by atoms with Crippen LogP contribution in [-0.4, -0.2) is 11.2 Å². The van der Waals surface area contributed by atoms with E-state index in [0.29, 0.717) is 0 Å². The van der Waals surface area contributed by atoms with Crippen LogP contribution in [-0.2, 0) is 0 Å². The molecule has 0 aromatic carbocycles. The fraction of sp³-hybridized carbons (Fsp3) is 1.00. The van der Waals surface area contributed by atoms with Gasteiger partial charge in [-0.1, -0.05) is 39.5 Å². The third-order valence-corrected chi connectivity index (χ3v) is 1.78. The normalized spacial score (nSPS) is 9.82. The molecule has 0 aliphatic heterocycles. The molecule has 2 heteroatoms. The van der Waals surface area contributed by atoms with Gasteiger partial charge in [0.05, 0.1) is 6.10 Å². The highest BCUT2D eigenvalue weighted by Gasteiger charge is 2.00. The zero-order valence-electron chi connectivity index (χ0n) is 7.97. The molecule has 0 saturated heterocycles. The van der Waals surface area contributed by atoms with E-state index in [2.05, 4.69) is 13.8 Å². The van der Waals surface area contributed by atoms with Crippen LogP contribution in [0.25, 0.3) is 0 Å². The van der Waals surface area contributed by atoms with Gasteiger partial charge >= 0.3 is 0 Å². The molecule has 1 atom stereocenters. The van der Waals surface area contributed by atoms with Crippen LogP contribution in [0.1, 0.15) is 52.4 Å². The van der Waals surface area contributed by atoms with Crippen molar-refractivity contribution in [1.29, 1.82) is 0 Å². The fourth-order valence-electron chi connectivity index (χ4n) is 1.02. The third-order valence-electron chi connectivity index (χ3n) is 1.78. The van der Waals surface area contributed by atoms with Gasteiger partial charge in [-0.15, -0.1) is 0 Å². The van der Waals surface area contributed by atoms with E-state index in [1.165, 1.54) is 25.7 Å². The van der Waals surface area contributed by atoms with Crippen LogP contribution in [0.15, 0.2) is 0 Å². The number of unbranched alkanes of at least 4 members (excludes halogenated alkanes) is 2. The lowest BCUT2D eigenvalue weighted by molar-refractivity contribution is 0.149. The maximum absolute atomic E-state index is 9.31. The van der Waals surface area contributed by atoms with Crippen molar-refractivity contribution in [1.82, 2.24) is 0 Å². The molecule has 0 heterocycles. The lowest BCUT2D eigenvalue weighted by Gasteiger charge is -2.07. The van der Waals surface area contributed by atoms with Crippen LogP contribution in [0, 0.1) is 0 Å². The second-order valence-electron chi connectivity index (χ2n) is 2.94. The Balaban J connectivity index is 0. The second kappa shape index (κ2) is 10.4. The summed E-state index contributed by atoms with van der Waals surface area (Å²) in [7, 11) is 0. The zero-order valence-corrected chi connectivity index (χ0v) is 9.39. The van der Waals surface area contributed by atoms with Crippen molar-refractivity contribution >= 4 is 9.90 Å². The topological polar surface area (TPSA) is 20.2 Å². The van der Waals surface area contributed by atoms with Gasteiger partial charge in [0, 0.05) is 0 Å². The Kier molecular flexibility index (Phi) is 13.2. The molecule has 0 aliphatic rings. The lowest BCUT2D eigenvalue weighted by Crippen LogP contribution is -2.05. The minimum absolute atomic E-state index is 0. The third kappa shape index (κ3) is 10.4. The molecule has 0 aliphatic carbocycles. The Morgan fingerprint density at radius 1 is 1.00 bits per heavy atom. The SMILES string of the molecule is CCCCC(O)CCCC.P. The van der Waals surface area contributed by atoms with Gasteiger partial charge in [0.2, 0.25) is 0 Å². The summed E-state index contributed by atoms with van der Waals surface area (Å²) in [5, 5.41) is 9.31. The molecular formula is C9H23OP. The van der Waals surface area contributed by atoms with E-state index in [4.69, 9.17) is 0 Å². The summed E-state index contributed by atoms with van der Waals surface area (Å²) in [6, 6.07) is 0. The van der Waals surface area contributed by atoms with Gasteiger partial charge in [-0.25, -0.2) is 0 Å². The predicted octanol–water partition coefficient (Wildman–Crippen LogP) is 2.79. The molecule has 1 nitrogen and oxygen atoms in total. The van der Waals surface area contributed by atoms with E-state index in [-0.39, 0.29) is 16.0 Å². The molecule has 0 aromatic rings. The van der Waals surface area contributed by atoms with Crippen LogP contribution in [0.4, 0.5) is 0 Å². The second-order valence-corrected chi connectivity index (χ2v) is 2.94. The number of aliphatic hydroxyl groups excluding tert-OH is 1. The van der Waals surface area contributed by atoms with Crippen LogP contribution in [0.3, 0.4) is 0 Å². The van der Waals surface area contributed by atoms with Gasteiger partial charge in [-0.3, -0.25) is 0 Å². The molecule has 1 N–H and O–H groups in total. The van der Waals surface area contributed by atoms with Gasteiger partial charge in [0.1, 0.15) is 0 Å². The molecule has 11 heavy (non-hydrogen) atoms. The van der Waals surface area contributed by atoms with Gasteiger partial charge in [-0.2, -0.15) is 9.90 Å². The van der Waals surface area contributed by atoms with Crippen LogP contribution >= 0.6 is 9.90 Å². The van der Waals surface area contributed by atoms with E-state index in [0.717, 1.165) is 12.8 Å². The van der Waals surface area contributed by atoms with Crippen LogP contribution < -0.4 is 0 Å². The highest BCUT2D eigenvalue weighted by molar-refractivity contribution is 6.92. The fourth-order valence-corrected chi connectivity index (χ4v) is 1.02. The van der Waals surface area contributed by atoms with Gasteiger partial charge in [-0.05, 0) is 12.8 Å². The van der Waals surface area contributed by atoms with Crippen molar-refractivity contribution in [3.8, 4) is 0 Å². The largest absolute Gasteiger partial charge is 0.393 e. The highest BCUT2D eigenvalue weighted by Crippen LogP contribution is 2.07. The first-order valence-electron chi connectivity index (χ1n) is 4.49. The van der Waals surface area contributed by atoms with Crippen molar-refractivity contribution in [3.63, 3.8) is 0 Å². The quantitative estimate of drug-likeness (QED) is 0.620. The average Bonchev–Trinajstić information content (AvgIpc) is 1.97. The smallest absolute Gasteiger partial charge is 0.0540 e. The Morgan fingerprint density at radius 2 is 1.36 bits per heavy atom. The highest BCUT2D eigenvalue weighted by atomic mass is 31.0. The molecule has 0 fully saturated rings. The minimum Gasteiger partial charge on any atom is -0.393 e. The van der Waals surface area contributed by atoms with Crippen molar-refractivity contribution < 1.29 is 5.11 Å². The Bertz CT molecular complexity index is 58.6. The van der Waals surface area contributed by atoms with Gasteiger partial charge in [0.15, 0.2) is 0 Å². The van der Waals surface area contributed by atoms with E-state index < -0.39 is 0 Å². The average molecular weight is 178 g/mol. The molecule has 70 valence electrons. The standard InChI is InChI=1S/C9H20O.H3P/c1-3-5-7-9(10)8-6-4-2;/h9-10H,3-8H2,1-2H3;1H3. The zero-order chi connectivity index (χ0) is 7.82. The minimum atomic E-state index is -0.0279. The molecular weight excluding hydrogens is 155 g/mol. The lowest BCUT2D eigenvalue weighted by atomic mass is 10.1. The van der Waals surface area contributed by atoms with Crippen molar-refractivity contribution in [2.24, 2.45) is 0 Å². The van der Waals surface area contributed by atoms with Gasteiger partial charge < -0.3 is 5.11 Å². The van der Waals surface area contributed by atoms with E-state index >= 15 is 0 Å². The molecule has 0 radical (unpaired) electrons. The van der Waals surface area contributed by atoms with E-state index in [9.17, 15) is 5.11 Å². The van der Waals surface area contributed by atoms with Crippen LogP contribution in [0.5, 0.6) is 0 Å². The predicted molar refractivity (Wildman–Crippen MR) is 56.2 cm³/mol. The summed E-state index contributed by atoms with van der Waals surface area (Å²) in [6.07, 6.45) is 6.70. The number of rotatable bonds is 6. The first kappa shape index (κ1) is 13.9. The molecule has 0 spiro atoms. The summed E-state index contributed by atoms with van der Waals surface area (Å²) < 4.78 is 0. The van der Waals surface area contributed by atoms with Crippen molar-refractivity contribution in [2.45, 2.75) is 58.5 Å². The molecule has 0 rings (SSSR count). The van der Waals surface area contributed by atoms with Crippen molar-refractivity contribution in [2.75, 3.05) is 0 Å². The summed E-state index contributed by atoms with van der Waals surface area (Å²) in [5.74, 6) is 0. The Labute approximate surface area is 74.2 Å².